The van der Waals surface area contributed by atoms with Crippen molar-refractivity contribution in [1.82, 2.24) is 0 Å². The predicted molar refractivity (Wildman–Crippen MR) is 89.6 cm³/mol. The first-order valence-corrected chi connectivity index (χ1v) is 6.93. The van der Waals surface area contributed by atoms with E-state index >= 15 is 0 Å². The summed E-state index contributed by atoms with van der Waals surface area (Å²) in [5.74, 6) is -0.988. The molecular weight excluding hydrogens is 306 g/mol. The molecule has 0 aromatic heterocycles. The summed E-state index contributed by atoms with van der Waals surface area (Å²) in [5.41, 5.74) is 0.922. The number of hydrogen-bond acceptors (Lipinski definition) is 4. The summed E-state index contributed by atoms with van der Waals surface area (Å²) in [6.45, 7) is 10.4. The van der Waals surface area contributed by atoms with Gasteiger partial charge in [0, 0.05) is 12.2 Å². The monoisotopic (exact) mass is 319 g/mol. The molecule has 2 aromatic carbocycles. The lowest BCUT2D eigenvalue weighted by Gasteiger charge is -2.06. The van der Waals surface area contributed by atoms with Gasteiger partial charge in [-0.25, -0.2) is 14.4 Å². The molecule has 0 amide bonds. The molecule has 0 bridgehead atoms. The van der Waals surface area contributed by atoms with Crippen molar-refractivity contribution < 1.29 is 19.1 Å². The van der Waals surface area contributed by atoms with Gasteiger partial charge in [-0.2, -0.15) is 0 Å². The van der Waals surface area contributed by atoms with Gasteiger partial charge in [-0.3, -0.25) is 0 Å². The first-order valence-electron chi connectivity index (χ1n) is 6.93. The van der Waals surface area contributed by atoms with E-state index in [9.17, 15) is 9.59 Å². The van der Waals surface area contributed by atoms with Gasteiger partial charge < -0.3 is 9.47 Å². The highest BCUT2D eigenvalue weighted by Gasteiger charge is 2.10. The maximum absolute atomic E-state index is 11.8. The van der Waals surface area contributed by atoms with Gasteiger partial charge in [-0.05, 0) is 29.8 Å². The van der Waals surface area contributed by atoms with Crippen molar-refractivity contribution in [2.45, 2.75) is 0 Å². The second-order valence-corrected chi connectivity index (χ2v) is 4.53. The van der Waals surface area contributed by atoms with Gasteiger partial charge in [0.05, 0.1) is 6.57 Å². The highest BCUT2D eigenvalue weighted by atomic mass is 16.5. The third-order valence-corrected chi connectivity index (χ3v) is 2.86. The molecule has 118 valence electrons. The fourth-order valence-electron chi connectivity index (χ4n) is 1.76. The molecule has 2 aromatic rings. The minimum absolute atomic E-state index is 0.0579. The zero-order valence-corrected chi connectivity index (χ0v) is 12.6. The molecule has 2 rings (SSSR count). The fraction of sp³-hybridized carbons (Fsp3) is 0. The summed E-state index contributed by atoms with van der Waals surface area (Å²) < 4.78 is 10.1. The molecule has 0 atom stereocenters. The second-order valence-electron chi connectivity index (χ2n) is 4.53. The lowest BCUT2D eigenvalue weighted by atomic mass is 10.2. The highest BCUT2D eigenvalue weighted by Crippen LogP contribution is 2.32. The van der Waals surface area contributed by atoms with Crippen molar-refractivity contribution >= 4 is 23.7 Å². The van der Waals surface area contributed by atoms with Crippen LogP contribution >= 0.6 is 0 Å². The third kappa shape index (κ3) is 4.68. The largest absolute Gasteiger partial charge is 0.435 e. The number of rotatable bonds is 5. The number of esters is 2. The van der Waals surface area contributed by atoms with E-state index in [4.69, 9.17) is 16.0 Å². The second kappa shape index (κ2) is 8.11. The molecule has 0 unspecified atom stereocenters. The highest BCUT2D eigenvalue weighted by molar-refractivity contribution is 5.89. The van der Waals surface area contributed by atoms with Crippen LogP contribution in [-0.2, 0) is 9.59 Å². The normalized spacial score (nSPS) is 9.96. The molecule has 0 aliphatic heterocycles. The Morgan fingerprint density at radius 3 is 2.46 bits per heavy atom. The Morgan fingerprint density at radius 1 is 1.04 bits per heavy atom. The molecule has 0 fully saturated rings. The van der Waals surface area contributed by atoms with Gasteiger partial charge in [0.1, 0.15) is 11.5 Å². The Kier molecular flexibility index (Phi) is 5.65. The van der Waals surface area contributed by atoms with Crippen molar-refractivity contribution in [3.8, 4) is 11.5 Å². The summed E-state index contributed by atoms with van der Waals surface area (Å²) in [7, 11) is 0. The van der Waals surface area contributed by atoms with Crippen LogP contribution in [0.5, 0.6) is 11.5 Å². The fourth-order valence-corrected chi connectivity index (χ4v) is 1.76. The van der Waals surface area contributed by atoms with Gasteiger partial charge in [0.15, 0.2) is 0 Å². The molecule has 5 nitrogen and oxygen atoms in total. The Balaban J connectivity index is 2.08. The average molecular weight is 319 g/mol. The maximum atomic E-state index is 11.8. The molecule has 24 heavy (non-hydrogen) atoms. The van der Waals surface area contributed by atoms with Crippen molar-refractivity contribution in [3.63, 3.8) is 0 Å². The maximum Gasteiger partial charge on any atom is 0.336 e. The smallest absolute Gasteiger partial charge is 0.336 e. The van der Waals surface area contributed by atoms with Crippen molar-refractivity contribution in [1.29, 1.82) is 0 Å². The predicted octanol–water partition coefficient (Wildman–Crippen LogP) is 3.95. The zero-order valence-electron chi connectivity index (χ0n) is 12.6. The molecule has 0 N–H and O–H groups in total. The topological polar surface area (TPSA) is 57.0 Å². The Hall–Kier alpha value is -3.65. The van der Waals surface area contributed by atoms with E-state index in [0.29, 0.717) is 0 Å². The van der Waals surface area contributed by atoms with Crippen molar-refractivity contribution in [2.24, 2.45) is 0 Å². The molecule has 0 aliphatic carbocycles. The van der Waals surface area contributed by atoms with Crippen LogP contribution in [0, 0.1) is 6.57 Å². The molecule has 0 aliphatic rings. The summed E-state index contributed by atoms with van der Waals surface area (Å²) in [4.78, 5) is 26.3. The van der Waals surface area contributed by atoms with E-state index in [1.807, 2.05) is 30.3 Å². The van der Waals surface area contributed by atoms with Crippen LogP contribution < -0.4 is 9.47 Å². The molecule has 0 saturated heterocycles. The summed E-state index contributed by atoms with van der Waals surface area (Å²) in [5, 5.41) is 0. The summed E-state index contributed by atoms with van der Waals surface area (Å²) >= 11 is 0. The number of hydrogen-bond donors (Lipinski definition) is 0. The lowest BCUT2D eigenvalue weighted by Crippen LogP contribution is -2.05. The molecule has 0 radical (unpaired) electrons. The molecule has 0 spiro atoms. The SMILES string of the molecule is [C-]#[N+]c1cc(OC(=O)C=Cc2ccccc2)ccc1OC(=O)C=C. The number of nitrogens with zero attached hydrogens (tertiary/aromatic N) is 1. The van der Waals surface area contributed by atoms with Crippen LogP contribution in [0.3, 0.4) is 0 Å². The first-order chi connectivity index (χ1) is 11.6. The minimum atomic E-state index is -0.671. The quantitative estimate of drug-likeness (QED) is 0.362. The van der Waals surface area contributed by atoms with Crippen LogP contribution in [0.1, 0.15) is 5.56 Å². The van der Waals surface area contributed by atoms with Crippen molar-refractivity contribution in [2.75, 3.05) is 0 Å². The summed E-state index contributed by atoms with van der Waals surface area (Å²) in [6, 6.07) is 13.4. The average Bonchev–Trinajstić information content (AvgIpc) is 2.62. The Morgan fingerprint density at radius 2 is 1.79 bits per heavy atom. The minimum Gasteiger partial charge on any atom is -0.435 e. The Bertz CT molecular complexity index is 832. The Labute approximate surface area is 139 Å². The number of benzene rings is 2. The summed E-state index contributed by atoms with van der Waals surface area (Å²) in [6.07, 6.45) is 3.91. The van der Waals surface area contributed by atoms with Gasteiger partial charge in [0.2, 0.25) is 5.69 Å². The molecular formula is C19H13NO4. The standard InChI is InChI=1S/C19H13NO4/c1-3-18(21)24-17-11-10-15(13-16(17)20-2)23-19(22)12-9-14-7-5-4-6-8-14/h3-13H,1H2. The third-order valence-electron chi connectivity index (χ3n) is 2.86. The van der Waals surface area contributed by atoms with Gasteiger partial charge in [-0.1, -0.05) is 36.9 Å². The van der Waals surface area contributed by atoms with Gasteiger partial charge >= 0.3 is 11.9 Å². The van der Waals surface area contributed by atoms with Crippen LogP contribution in [0.25, 0.3) is 10.9 Å². The van der Waals surface area contributed by atoms with E-state index in [-0.39, 0.29) is 17.2 Å². The van der Waals surface area contributed by atoms with Crippen LogP contribution in [0.2, 0.25) is 0 Å². The van der Waals surface area contributed by atoms with Crippen LogP contribution in [0.4, 0.5) is 5.69 Å². The van der Waals surface area contributed by atoms with E-state index in [1.165, 1.54) is 24.3 Å². The van der Waals surface area contributed by atoms with E-state index < -0.39 is 11.9 Å². The van der Waals surface area contributed by atoms with Gasteiger partial charge in [0.25, 0.3) is 0 Å². The van der Waals surface area contributed by atoms with Crippen LogP contribution in [-0.4, -0.2) is 11.9 Å². The van der Waals surface area contributed by atoms with E-state index in [2.05, 4.69) is 11.4 Å². The first kappa shape index (κ1) is 16.7. The molecule has 0 saturated carbocycles. The lowest BCUT2D eigenvalue weighted by molar-refractivity contribution is -0.130. The molecule has 0 heterocycles. The van der Waals surface area contributed by atoms with Crippen LogP contribution in [0.15, 0.2) is 67.3 Å². The number of ether oxygens (including phenoxy) is 2. The molecule has 5 heteroatoms. The number of carbonyl (C=O) groups excluding carboxylic acids is 2. The van der Waals surface area contributed by atoms with E-state index in [1.54, 1.807) is 6.08 Å². The number of carbonyl (C=O) groups is 2. The van der Waals surface area contributed by atoms with Crippen molar-refractivity contribution in [3.05, 3.63) is 84.2 Å². The zero-order chi connectivity index (χ0) is 17.4. The van der Waals surface area contributed by atoms with E-state index in [0.717, 1.165) is 11.6 Å². The van der Waals surface area contributed by atoms with Gasteiger partial charge in [-0.15, -0.1) is 0 Å².